The number of benzene rings is 2. The number of rotatable bonds is 7. The van der Waals surface area contributed by atoms with Crippen LogP contribution in [0.25, 0.3) is 0 Å². The van der Waals surface area contributed by atoms with Crippen LogP contribution in [-0.4, -0.2) is 32.7 Å². The van der Waals surface area contributed by atoms with E-state index in [2.05, 4.69) is 10.1 Å². The van der Waals surface area contributed by atoms with Gasteiger partial charge in [-0.25, -0.2) is 4.79 Å². The van der Waals surface area contributed by atoms with Gasteiger partial charge in [-0.2, -0.15) is 0 Å². The summed E-state index contributed by atoms with van der Waals surface area (Å²) in [5.74, 6) is 0.00948. The molecule has 0 aromatic heterocycles. The highest BCUT2D eigenvalue weighted by Crippen LogP contribution is 2.28. The van der Waals surface area contributed by atoms with Crippen molar-refractivity contribution in [2.24, 2.45) is 0 Å². The Labute approximate surface area is 146 Å². The summed E-state index contributed by atoms with van der Waals surface area (Å²) in [6.07, 6.45) is 0. The second-order valence-corrected chi connectivity index (χ2v) is 5.41. The van der Waals surface area contributed by atoms with E-state index in [0.29, 0.717) is 23.6 Å². The SMILES string of the molecule is COC(=O)c1ccc(OCC(=O)NCc2ccc(C)cc2)c(OC)c1. The summed E-state index contributed by atoms with van der Waals surface area (Å²) >= 11 is 0. The van der Waals surface area contributed by atoms with Gasteiger partial charge in [0.15, 0.2) is 18.1 Å². The molecule has 1 amide bonds. The van der Waals surface area contributed by atoms with Crippen LogP contribution in [0.15, 0.2) is 42.5 Å². The molecular weight excluding hydrogens is 322 g/mol. The van der Waals surface area contributed by atoms with Crippen LogP contribution in [0.5, 0.6) is 11.5 Å². The first-order valence-corrected chi connectivity index (χ1v) is 7.75. The van der Waals surface area contributed by atoms with E-state index < -0.39 is 5.97 Å². The molecule has 0 atom stereocenters. The highest BCUT2D eigenvalue weighted by Gasteiger charge is 2.12. The normalized spacial score (nSPS) is 10.0. The molecule has 1 N–H and O–H groups in total. The van der Waals surface area contributed by atoms with Crippen LogP contribution in [-0.2, 0) is 16.1 Å². The highest BCUT2D eigenvalue weighted by atomic mass is 16.5. The van der Waals surface area contributed by atoms with Crippen LogP contribution in [0.3, 0.4) is 0 Å². The Bertz CT molecular complexity index is 740. The Morgan fingerprint density at radius 3 is 2.36 bits per heavy atom. The van der Waals surface area contributed by atoms with Crippen LogP contribution in [0.4, 0.5) is 0 Å². The highest BCUT2D eigenvalue weighted by molar-refractivity contribution is 5.90. The fraction of sp³-hybridized carbons (Fsp3) is 0.263. The summed E-state index contributed by atoms with van der Waals surface area (Å²) in [6.45, 7) is 2.29. The summed E-state index contributed by atoms with van der Waals surface area (Å²) in [5.41, 5.74) is 2.52. The van der Waals surface area contributed by atoms with E-state index in [0.717, 1.165) is 5.56 Å². The third-order valence-corrected chi connectivity index (χ3v) is 3.55. The van der Waals surface area contributed by atoms with Gasteiger partial charge in [0.2, 0.25) is 0 Å². The minimum atomic E-state index is -0.472. The molecule has 0 saturated heterocycles. The van der Waals surface area contributed by atoms with Gasteiger partial charge < -0.3 is 19.5 Å². The maximum absolute atomic E-state index is 11.9. The van der Waals surface area contributed by atoms with Crippen LogP contribution in [0, 0.1) is 6.92 Å². The zero-order valence-corrected chi connectivity index (χ0v) is 14.5. The molecule has 0 heterocycles. The van der Waals surface area contributed by atoms with Gasteiger partial charge in [0.1, 0.15) is 0 Å². The number of amides is 1. The molecule has 2 rings (SSSR count). The Morgan fingerprint density at radius 2 is 1.72 bits per heavy atom. The number of hydrogen-bond acceptors (Lipinski definition) is 5. The van der Waals surface area contributed by atoms with E-state index >= 15 is 0 Å². The molecule has 2 aromatic carbocycles. The fourth-order valence-corrected chi connectivity index (χ4v) is 2.13. The first-order valence-electron chi connectivity index (χ1n) is 7.75. The maximum Gasteiger partial charge on any atom is 0.337 e. The molecule has 6 heteroatoms. The van der Waals surface area contributed by atoms with Crippen molar-refractivity contribution in [2.75, 3.05) is 20.8 Å². The number of aryl methyl sites for hydroxylation is 1. The molecule has 0 bridgehead atoms. The monoisotopic (exact) mass is 343 g/mol. The molecule has 25 heavy (non-hydrogen) atoms. The van der Waals surface area contributed by atoms with Gasteiger partial charge in [-0.15, -0.1) is 0 Å². The molecule has 132 valence electrons. The first kappa shape index (κ1) is 18.3. The van der Waals surface area contributed by atoms with Crippen molar-refractivity contribution in [3.63, 3.8) is 0 Å². The van der Waals surface area contributed by atoms with Crippen LogP contribution >= 0.6 is 0 Å². The minimum Gasteiger partial charge on any atom is -0.493 e. The van der Waals surface area contributed by atoms with Crippen molar-refractivity contribution in [1.29, 1.82) is 0 Å². The summed E-state index contributed by atoms with van der Waals surface area (Å²) in [4.78, 5) is 23.4. The molecule has 0 radical (unpaired) electrons. The minimum absolute atomic E-state index is 0.153. The number of carbonyl (C=O) groups is 2. The molecule has 0 fully saturated rings. The lowest BCUT2D eigenvalue weighted by Crippen LogP contribution is -2.28. The largest absolute Gasteiger partial charge is 0.493 e. The topological polar surface area (TPSA) is 73.9 Å². The van der Waals surface area contributed by atoms with Crippen molar-refractivity contribution in [3.8, 4) is 11.5 Å². The van der Waals surface area contributed by atoms with Gasteiger partial charge in [0, 0.05) is 6.54 Å². The number of esters is 1. The summed E-state index contributed by atoms with van der Waals surface area (Å²) in [5, 5.41) is 2.79. The molecule has 0 aliphatic rings. The average molecular weight is 343 g/mol. The number of hydrogen-bond donors (Lipinski definition) is 1. The fourth-order valence-electron chi connectivity index (χ4n) is 2.13. The Hall–Kier alpha value is -3.02. The van der Waals surface area contributed by atoms with Crippen molar-refractivity contribution in [1.82, 2.24) is 5.32 Å². The summed E-state index contributed by atoms with van der Waals surface area (Å²) < 4.78 is 15.3. The smallest absolute Gasteiger partial charge is 0.337 e. The van der Waals surface area contributed by atoms with E-state index in [4.69, 9.17) is 9.47 Å². The third kappa shape index (κ3) is 5.24. The van der Waals surface area contributed by atoms with Gasteiger partial charge in [-0.05, 0) is 30.7 Å². The lowest BCUT2D eigenvalue weighted by Gasteiger charge is -2.12. The van der Waals surface area contributed by atoms with E-state index in [1.807, 2.05) is 31.2 Å². The quantitative estimate of drug-likeness (QED) is 0.782. The zero-order chi connectivity index (χ0) is 18.2. The Kier molecular flexibility index (Phi) is 6.39. The van der Waals surface area contributed by atoms with Crippen molar-refractivity contribution in [2.45, 2.75) is 13.5 Å². The average Bonchev–Trinajstić information content (AvgIpc) is 2.65. The second-order valence-electron chi connectivity index (χ2n) is 5.41. The van der Waals surface area contributed by atoms with Gasteiger partial charge >= 0.3 is 5.97 Å². The van der Waals surface area contributed by atoms with Crippen molar-refractivity contribution in [3.05, 3.63) is 59.2 Å². The lowest BCUT2D eigenvalue weighted by atomic mass is 10.1. The van der Waals surface area contributed by atoms with Crippen LogP contribution < -0.4 is 14.8 Å². The number of methoxy groups -OCH3 is 2. The number of nitrogens with one attached hydrogen (secondary N) is 1. The van der Waals surface area contributed by atoms with Gasteiger partial charge in [0.25, 0.3) is 5.91 Å². The number of carbonyl (C=O) groups excluding carboxylic acids is 2. The van der Waals surface area contributed by atoms with E-state index in [1.165, 1.54) is 25.8 Å². The number of ether oxygens (including phenoxy) is 3. The van der Waals surface area contributed by atoms with E-state index in [1.54, 1.807) is 12.1 Å². The van der Waals surface area contributed by atoms with Crippen LogP contribution in [0.2, 0.25) is 0 Å². The predicted octanol–water partition coefficient (Wildman–Crippen LogP) is 2.49. The van der Waals surface area contributed by atoms with E-state index in [-0.39, 0.29) is 12.5 Å². The maximum atomic E-state index is 11.9. The molecule has 0 aliphatic heterocycles. The Morgan fingerprint density at radius 1 is 1.00 bits per heavy atom. The molecule has 2 aromatic rings. The van der Waals surface area contributed by atoms with Gasteiger partial charge in [0.05, 0.1) is 19.8 Å². The summed E-state index contributed by atoms with van der Waals surface area (Å²) in [7, 11) is 2.76. The molecular formula is C19H21NO5. The molecule has 6 nitrogen and oxygen atoms in total. The third-order valence-electron chi connectivity index (χ3n) is 3.55. The first-order chi connectivity index (χ1) is 12.0. The zero-order valence-electron chi connectivity index (χ0n) is 14.5. The Balaban J connectivity index is 1.90. The molecule has 0 spiro atoms. The lowest BCUT2D eigenvalue weighted by molar-refractivity contribution is -0.123. The van der Waals surface area contributed by atoms with Crippen LogP contribution in [0.1, 0.15) is 21.5 Å². The predicted molar refractivity (Wildman–Crippen MR) is 92.9 cm³/mol. The second kappa shape index (κ2) is 8.73. The summed E-state index contributed by atoms with van der Waals surface area (Å²) in [6, 6.07) is 12.5. The van der Waals surface area contributed by atoms with Crippen molar-refractivity contribution >= 4 is 11.9 Å². The molecule has 0 aliphatic carbocycles. The molecule has 0 saturated carbocycles. The standard InChI is InChI=1S/C19H21NO5/c1-13-4-6-14(7-5-13)11-20-18(21)12-25-16-9-8-15(19(22)24-3)10-17(16)23-2/h4-10H,11-12H2,1-3H3,(H,20,21). The van der Waals surface area contributed by atoms with Gasteiger partial charge in [-0.1, -0.05) is 29.8 Å². The van der Waals surface area contributed by atoms with Crippen molar-refractivity contribution < 1.29 is 23.8 Å². The van der Waals surface area contributed by atoms with Gasteiger partial charge in [-0.3, -0.25) is 4.79 Å². The van der Waals surface area contributed by atoms with E-state index in [9.17, 15) is 9.59 Å². The molecule has 0 unspecified atom stereocenters.